The molecule has 0 fully saturated rings. The van der Waals surface area contributed by atoms with Crippen LogP contribution in [0.3, 0.4) is 0 Å². The van der Waals surface area contributed by atoms with Crippen molar-refractivity contribution < 1.29 is 9.50 Å². The molecular weight excluding hydrogens is 260 g/mol. The monoisotopic (exact) mass is 267 g/mol. The lowest BCUT2D eigenvalue weighted by molar-refractivity contribution is 0.459. The molecule has 0 aliphatic carbocycles. The van der Waals surface area contributed by atoms with Crippen LogP contribution in [0.2, 0.25) is 5.02 Å². The van der Waals surface area contributed by atoms with Crippen molar-refractivity contribution in [3.8, 4) is 5.75 Å². The average molecular weight is 269 g/mol. The zero-order valence-electron chi connectivity index (χ0n) is 6.87. The van der Waals surface area contributed by atoms with Gasteiger partial charge in [0.05, 0.1) is 9.50 Å². The summed E-state index contributed by atoms with van der Waals surface area (Å²) in [5.41, 5.74) is 0.469. The summed E-state index contributed by atoms with van der Waals surface area (Å²) in [6.07, 6.45) is 0. The van der Waals surface area contributed by atoms with E-state index < -0.39 is 5.82 Å². The first kappa shape index (κ1) is 10.8. The van der Waals surface area contributed by atoms with Gasteiger partial charge in [-0.3, -0.25) is 0 Å². The van der Waals surface area contributed by atoms with Gasteiger partial charge in [0.2, 0.25) is 0 Å². The van der Waals surface area contributed by atoms with E-state index in [1.165, 1.54) is 6.07 Å². The van der Waals surface area contributed by atoms with Gasteiger partial charge in [-0.1, -0.05) is 11.6 Å². The molecule has 0 saturated carbocycles. The molecule has 0 heterocycles. The molecule has 2 nitrogen and oxygen atoms in total. The predicted octanol–water partition coefficient (Wildman–Crippen LogP) is 2.67. The fourth-order valence-electron chi connectivity index (χ4n) is 0.960. The molecule has 0 unspecified atom stereocenters. The van der Waals surface area contributed by atoms with Gasteiger partial charge < -0.3 is 10.4 Å². The summed E-state index contributed by atoms with van der Waals surface area (Å²) < 4.78 is 13.2. The molecule has 1 aromatic carbocycles. The van der Waals surface area contributed by atoms with E-state index in [0.717, 1.165) is 0 Å². The Morgan fingerprint density at radius 3 is 2.85 bits per heavy atom. The highest BCUT2D eigenvalue weighted by Gasteiger charge is 2.13. The molecular formula is C8H8BrClFNO. The van der Waals surface area contributed by atoms with Crippen LogP contribution >= 0.6 is 27.5 Å². The Morgan fingerprint density at radius 2 is 2.31 bits per heavy atom. The highest BCUT2D eigenvalue weighted by atomic mass is 79.9. The molecule has 0 bridgehead atoms. The summed E-state index contributed by atoms with van der Waals surface area (Å²) >= 11 is 8.55. The zero-order chi connectivity index (χ0) is 10.0. The molecule has 0 aliphatic rings. The number of phenolic OH excluding ortho intramolecular Hbond substituents is 1. The second kappa shape index (κ2) is 4.26. The number of hydrogen-bond donors (Lipinski definition) is 2. The maximum atomic E-state index is 13.0. The number of nitrogens with one attached hydrogen (secondary N) is 1. The molecule has 72 valence electrons. The topological polar surface area (TPSA) is 32.3 Å². The highest BCUT2D eigenvalue weighted by Crippen LogP contribution is 2.36. The van der Waals surface area contributed by atoms with Crippen molar-refractivity contribution in [2.45, 2.75) is 6.54 Å². The minimum absolute atomic E-state index is 0.0271. The van der Waals surface area contributed by atoms with Gasteiger partial charge in [0.25, 0.3) is 0 Å². The molecule has 0 spiro atoms. The van der Waals surface area contributed by atoms with Crippen molar-refractivity contribution in [1.29, 1.82) is 0 Å². The highest BCUT2D eigenvalue weighted by molar-refractivity contribution is 9.10. The maximum absolute atomic E-state index is 13.0. The van der Waals surface area contributed by atoms with Gasteiger partial charge in [-0.25, -0.2) is 4.39 Å². The van der Waals surface area contributed by atoms with Gasteiger partial charge in [0.15, 0.2) is 0 Å². The maximum Gasteiger partial charge on any atom is 0.143 e. The van der Waals surface area contributed by atoms with Gasteiger partial charge in [-0.15, -0.1) is 0 Å². The lowest BCUT2D eigenvalue weighted by atomic mass is 10.2. The lowest BCUT2D eigenvalue weighted by Crippen LogP contribution is -2.06. The first-order valence-electron chi connectivity index (χ1n) is 3.58. The van der Waals surface area contributed by atoms with Crippen LogP contribution in [-0.4, -0.2) is 12.2 Å². The van der Waals surface area contributed by atoms with Gasteiger partial charge in [0.1, 0.15) is 11.6 Å². The van der Waals surface area contributed by atoms with Crippen LogP contribution in [-0.2, 0) is 6.54 Å². The summed E-state index contributed by atoms with van der Waals surface area (Å²) in [5, 5.41) is 12.2. The van der Waals surface area contributed by atoms with E-state index in [9.17, 15) is 9.50 Å². The zero-order valence-corrected chi connectivity index (χ0v) is 9.21. The van der Waals surface area contributed by atoms with Crippen LogP contribution in [0.4, 0.5) is 4.39 Å². The number of rotatable bonds is 2. The Kier molecular flexibility index (Phi) is 3.53. The minimum atomic E-state index is -0.545. The molecule has 0 atom stereocenters. The van der Waals surface area contributed by atoms with E-state index >= 15 is 0 Å². The molecule has 0 aliphatic heterocycles. The van der Waals surface area contributed by atoms with Crippen molar-refractivity contribution in [1.82, 2.24) is 5.32 Å². The molecule has 0 amide bonds. The van der Waals surface area contributed by atoms with E-state index in [2.05, 4.69) is 21.2 Å². The fourth-order valence-corrected chi connectivity index (χ4v) is 1.55. The third-order valence-corrected chi connectivity index (χ3v) is 2.95. The van der Waals surface area contributed by atoms with E-state index in [1.54, 1.807) is 7.05 Å². The van der Waals surface area contributed by atoms with Crippen molar-refractivity contribution >= 4 is 27.5 Å². The van der Waals surface area contributed by atoms with Gasteiger partial charge in [-0.05, 0) is 29.0 Å². The van der Waals surface area contributed by atoms with Crippen LogP contribution in [0.1, 0.15) is 5.56 Å². The standard InChI is InChI=1S/C8H8BrClFNO/c1-12-3-4-2-5(11)7(10)6(9)8(4)13/h2,12-13H,3H2,1H3. The number of hydrogen-bond acceptors (Lipinski definition) is 2. The summed E-state index contributed by atoms with van der Waals surface area (Å²) in [6, 6.07) is 1.21. The van der Waals surface area contributed by atoms with Crippen LogP contribution in [0.25, 0.3) is 0 Å². The summed E-state index contributed by atoms with van der Waals surface area (Å²) in [7, 11) is 1.71. The minimum Gasteiger partial charge on any atom is -0.506 e. The second-order valence-corrected chi connectivity index (χ2v) is 3.70. The second-order valence-electron chi connectivity index (χ2n) is 2.52. The quantitative estimate of drug-likeness (QED) is 0.808. The third-order valence-electron chi connectivity index (χ3n) is 1.58. The smallest absolute Gasteiger partial charge is 0.143 e. The normalized spacial score (nSPS) is 10.5. The van der Waals surface area contributed by atoms with Crippen LogP contribution in [0, 0.1) is 5.82 Å². The molecule has 2 N–H and O–H groups in total. The molecule has 0 saturated heterocycles. The molecule has 1 aromatic rings. The first-order chi connectivity index (χ1) is 6.07. The summed E-state index contributed by atoms with van der Waals surface area (Å²) in [6.45, 7) is 0.387. The van der Waals surface area contributed by atoms with Crippen LogP contribution in [0.15, 0.2) is 10.5 Å². The molecule has 0 radical (unpaired) electrons. The first-order valence-corrected chi connectivity index (χ1v) is 4.75. The van der Waals surface area contributed by atoms with E-state index in [1.807, 2.05) is 0 Å². The van der Waals surface area contributed by atoms with E-state index in [4.69, 9.17) is 11.6 Å². The molecule has 1 rings (SSSR count). The van der Waals surface area contributed by atoms with E-state index in [-0.39, 0.29) is 15.2 Å². The Hall–Kier alpha value is -0.320. The Labute approximate surface area is 88.8 Å². The number of aromatic hydroxyl groups is 1. The SMILES string of the molecule is CNCc1cc(F)c(Cl)c(Br)c1O. The summed E-state index contributed by atoms with van der Waals surface area (Å²) in [4.78, 5) is 0. The lowest BCUT2D eigenvalue weighted by Gasteiger charge is -2.07. The number of benzene rings is 1. The van der Waals surface area contributed by atoms with E-state index in [0.29, 0.717) is 12.1 Å². The van der Waals surface area contributed by atoms with Crippen molar-refractivity contribution in [3.63, 3.8) is 0 Å². The van der Waals surface area contributed by atoms with Crippen molar-refractivity contribution in [2.24, 2.45) is 0 Å². The third kappa shape index (κ3) is 2.13. The van der Waals surface area contributed by atoms with Gasteiger partial charge in [-0.2, -0.15) is 0 Å². The Bertz CT molecular complexity index is 332. The number of phenols is 1. The van der Waals surface area contributed by atoms with Crippen molar-refractivity contribution in [3.05, 3.63) is 26.9 Å². The molecule has 5 heteroatoms. The molecule has 13 heavy (non-hydrogen) atoms. The van der Waals surface area contributed by atoms with Gasteiger partial charge in [0, 0.05) is 12.1 Å². The number of halogens is 3. The Morgan fingerprint density at radius 1 is 1.69 bits per heavy atom. The van der Waals surface area contributed by atoms with Crippen LogP contribution < -0.4 is 5.32 Å². The van der Waals surface area contributed by atoms with Crippen LogP contribution in [0.5, 0.6) is 5.75 Å². The molecule has 0 aromatic heterocycles. The average Bonchev–Trinajstić information content (AvgIpc) is 2.11. The Balaban J connectivity index is 3.24. The predicted molar refractivity (Wildman–Crippen MR) is 53.5 cm³/mol. The fraction of sp³-hybridized carbons (Fsp3) is 0.250. The summed E-state index contributed by atoms with van der Waals surface area (Å²) in [5.74, 6) is -0.572. The van der Waals surface area contributed by atoms with Crippen molar-refractivity contribution in [2.75, 3.05) is 7.05 Å². The van der Waals surface area contributed by atoms with Gasteiger partial charge >= 0.3 is 0 Å². The largest absolute Gasteiger partial charge is 0.506 e.